The molecule has 92 valence electrons. The highest BCUT2D eigenvalue weighted by molar-refractivity contribution is 5.76. The molecule has 1 fully saturated rings. The normalized spacial score (nSPS) is 17.6. The molecule has 0 saturated carbocycles. The molecular weight excluding hydrogens is 214 g/mol. The Labute approximate surface area is 102 Å². The lowest BCUT2D eigenvalue weighted by atomic mass is 10.1. The van der Waals surface area contributed by atoms with Crippen molar-refractivity contribution in [3.63, 3.8) is 0 Å². The molecule has 17 heavy (non-hydrogen) atoms. The van der Waals surface area contributed by atoms with Gasteiger partial charge in [0.25, 0.3) is 0 Å². The molecule has 0 spiro atoms. The van der Waals surface area contributed by atoms with Crippen LogP contribution in [0.5, 0.6) is 0 Å². The van der Waals surface area contributed by atoms with Crippen molar-refractivity contribution in [1.29, 1.82) is 0 Å². The van der Waals surface area contributed by atoms with E-state index in [4.69, 9.17) is 0 Å². The van der Waals surface area contributed by atoms with Crippen LogP contribution in [0.25, 0.3) is 0 Å². The maximum atomic E-state index is 11.8. The predicted octanol–water partition coefficient (Wildman–Crippen LogP) is 1.31. The van der Waals surface area contributed by atoms with Crippen LogP contribution < -0.4 is 5.32 Å². The zero-order valence-electron chi connectivity index (χ0n) is 10.4. The van der Waals surface area contributed by atoms with Gasteiger partial charge in [-0.3, -0.25) is 0 Å². The number of nitrogens with one attached hydrogen (secondary N) is 1. The molecule has 0 aliphatic carbocycles. The van der Waals surface area contributed by atoms with Gasteiger partial charge in [-0.1, -0.05) is 30.3 Å². The lowest BCUT2D eigenvalue weighted by Crippen LogP contribution is -2.36. The topological polar surface area (TPSA) is 35.6 Å². The summed E-state index contributed by atoms with van der Waals surface area (Å²) in [4.78, 5) is 15.5. The highest BCUT2D eigenvalue weighted by Crippen LogP contribution is 2.16. The van der Waals surface area contributed by atoms with Gasteiger partial charge < -0.3 is 15.1 Å². The van der Waals surface area contributed by atoms with Crippen molar-refractivity contribution in [3.8, 4) is 0 Å². The van der Waals surface area contributed by atoms with E-state index in [1.54, 1.807) is 4.90 Å². The second-order valence-corrected chi connectivity index (χ2v) is 4.40. The molecule has 4 heteroatoms. The maximum Gasteiger partial charge on any atom is 0.319 e. The van der Waals surface area contributed by atoms with Crippen LogP contribution in [0.4, 0.5) is 4.79 Å². The lowest BCUT2D eigenvalue weighted by Gasteiger charge is -2.23. The molecule has 2 rings (SSSR count). The molecule has 2 amide bonds. The number of urea groups is 1. The number of carbonyl (C=O) groups is 1. The number of rotatable bonds is 4. The van der Waals surface area contributed by atoms with Gasteiger partial charge in [0.1, 0.15) is 0 Å². The van der Waals surface area contributed by atoms with Crippen LogP contribution in [0.2, 0.25) is 0 Å². The Bertz CT molecular complexity index is 380. The van der Waals surface area contributed by atoms with Gasteiger partial charge in [-0.05, 0) is 12.6 Å². The van der Waals surface area contributed by atoms with E-state index in [2.05, 4.69) is 17.4 Å². The first-order valence-electron chi connectivity index (χ1n) is 5.94. The van der Waals surface area contributed by atoms with Crippen LogP contribution >= 0.6 is 0 Å². The maximum absolute atomic E-state index is 11.8. The van der Waals surface area contributed by atoms with Gasteiger partial charge in [0.05, 0.1) is 0 Å². The second-order valence-electron chi connectivity index (χ2n) is 4.40. The average molecular weight is 233 g/mol. The molecule has 1 aromatic rings. The van der Waals surface area contributed by atoms with Crippen LogP contribution in [0.1, 0.15) is 11.6 Å². The summed E-state index contributed by atoms with van der Waals surface area (Å²) >= 11 is 0. The number of hydrogen-bond donors (Lipinski definition) is 1. The minimum atomic E-state index is 0.126. The first-order valence-corrected chi connectivity index (χ1v) is 5.94. The Kier molecular flexibility index (Phi) is 3.64. The standard InChI is InChI=1S/C13H19N3O/c1-14-12(11-6-4-3-5-7-11)10-16-9-8-15(2)13(16)17/h3-7,12,14H,8-10H2,1-2H3. The lowest BCUT2D eigenvalue weighted by molar-refractivity contribution is 0.194. The number of benzene rings is 1. The molecule has 1 aliphatic rings. The summed E-state index contributed by atoms with van der Waals surface area (Å²) in [6.45, 7) is 2.37. The Morgan fingerprint density at radius 2 is 2.00 bits per heavy atom. The summed E-state index contributed by atoms with van der Waals surface area (Å²) in [5.74, 6) is 0. The van der Waals surface area contributed by atoms with Crippen molar-refractivity contribution in [2.24, 2.45) is 0 Å². The minimum absolute atomic E-state index is 0.126. The van der Waals surface area contributed by atoms with E-state index in [9.17, 15) is 4.79 Å². The Morgan fingerprint density at radius 3 is 2.53 bits per heavy atom. The highest BCUT2D eigenvalue weighted by Gasteiger charge is 2.27. The van der Waals surface area contributed by atoms with Crippen LogP contribution in [-0.4, -0.2) is 49.6 Å². The van der Waals surface area contributed by atoms with Crippen LogP contribution in [0.15, 0.2) is 30.3 Å². The number of nitrogens with zero attached hydrogens (tertiary/aromatic N) is 2. The third-order valence-corrected chi connectivity index (χ3v) is 3.26. The first kappa shape index (κ1) is 11.9. The summed E-state index contributed by atoms with van der Waals surface area (Å²) in [7, 11) is 3.78. The highest BCUT2D eigenvalue weighted by atomic mass is 16.2. The quantitative estimate of drug-likeness (QED) is 0.851. The van der Waals surface area contributed by atoms with Gasteiger partial charge in [-0.15, -0.1) is 0 Å². The van der Waals surface area contributed by atoms with E-state index in [1.807, 2.05) is 37.2 Å². The van der Waals surface area contributed by atoms with Crippen molar-refractivity contribution >= 4 is 6.03 Å². The molecule has 0 bridgehead atoms. The third kappa shape index (κ3) is 2.58. The van der Waals surface area contributed by atoms with Crippen LogP contribution in [0, 0.1) is 0 Å². The largest absolute Gasteiger partial charge is 0.326 e. The Hall–Kier alpha value is -1.55. The minimum Gasteiger partial charge on any atom is -0.326 e. The van der Waals surface area contributed by atoms with Gasteiger partial charge in [0, 0.05) is 32.7 Å². The van der Waals surface area contributed by atoms with Crippen LogP contribution in [0.3, 0.4) is 0 Å². The number of likely N-dealkylation sites (N-methyl/N-ethyl adjacent to an activating group) is 2. The van der Waals surface area contributed by atoms with Gasteiger partial charge in [0.2, 0.25) is 0 Å². The molecule has 0 aromatic heterocycles. The number of carbonyl (C=O) groups excluding carboxylic acids is 1. The van der Waals surface area contributed by atoms with Crippen molar-refractivity contribution in [1.82, 2.24) is 15.1 Å². The molecule has 1 aromatic carbocycles. The van der Waals surface area contributed by atoms with Crippen LogP contribution in [-0.2, 0) is 0 Å². The van der Waals surface area contributed by atoms with E-state index < -0.39 is 0 Å². The fraction of sp³-hybridized carbons (Fsp3) is 0.462. The Morgan fingerprint density at radius 1 is 1.29 bits per heavy atom. The summed E-state index contributed by atoms with van der Waals surface area (Å²) in [5.41, 5.74) is 1.22. The molecule has 1 heterocycles. The Balaban J connectivity index is 2.04. The van der Waals surface area contributed by atoms with E-state index in [0.29, 0.717) is 0 Å². The van der Waals surface area contributed by atoms with Crippen molar-refractivity contribution in [2.75, 3.05) is 33.7 Å². The molecule has 1 saturated heterocycles. The summed E-state index contributed by atoms with van der Waals surface area (Å²) in [6.07, 6.45) is 0. The summed E-state index contributed by atoms with van der Waals surface area (Å²) in [6, 6.07) is 10.6. The van der Waals surface area contributed by atoms with Crippen molar-refractivity contribution in [2.45, 2.75) is 6.04 Å². The second kappa shape index (κ2) is 5.19. The van der Waals surface area contributed by atoms with Crippen molar-refractivity contribution in [3.05, 3.63) is 35.9 Å². The van der Waals surface area contributed by atoms with E-state index in [0.717, 1.165) is 19.6 Å². The van der Waals surface area contributed by atoms with Gasteiger partial charge in [-0.25, -0.2) is 4.79 Å². The number of hydrogen-bond acceptors (Lipinski definition) is 2. The average Bonchev–Trinajstić information content (AvgIpc) is 2.68. The predicted molar refractivity (Wildman–Crippen MR) is 67.8 cm³/mol. The number of amides is 2. The van der Waals surface area contributed by atoms with E-state index in [-0.39, 0.29) is 12.1 Å². The first-order chi connectivity index (χ1) is 8.22. The molecule has 1 atom stereocenters. The molecule has 1 N–H and O–H groups in total. The fourth-order valence-electron chi connectivity index (χ4n) is 2.14. The van der Waals surface area contributed by atoms with Gasteiger partial charge in [0.15, 0.2) is 0 Å². The smallest absolute Gasteiger partial charge is 0.319 e. The summed E-state index contributed by atoms with van der Waals surface area (Å²) < 4.78 is 0. The van der Waals surface area contributed by atoms with E-state index in [1.165, 1.54) is 5.56 Å². The SMILES string of the molecule is CNC(CN1CCN(C)C1=O)c1ccccc1. The molecule has 1 aliphatic heterocycles. The molecular formula is C13H19N3O. The molecule has 1 unspecified atom stereocenters. The third-order valence-electron chi connectivity index (χ3n) is 3.26. The molecule has 0 radical (unpaired) electrons. The monoisotopic (exact) mass is 233 g/mol. The zero-order valence-corrected chi connectivity index (χ0v) is 10.4. The zero-order chi connectivity index (χ0) is 12.3. The van der Waals surface area contributed by atoms with Crippen molar-refractivity contribution < 1.29 is 4.79 Å². The van der Waals surface area contributed by atoms with Gasteiger partial charge >= 0.3 is 6.03 Å². The fourth-order valence-corrected chi connectivity index (χ4v) is 2.14. The molecule has 4 nitrogen and oxygen atoms in total. The van der Waals surface area contributed by atoms with E-state index >= 15 is 0 Å². The van der Waals surface area contributed by atoms with Gasteiger partial charge in [-0.2, -0.15) is 0 Å². The summed E-state index contributed by atoms with van der Waals surface area (Å²) in [5, 5.41) is 3.27.